The standard InChI is InChI=1S/C21H32N2O6S/c1-7-10-15(16-11-14(26-6)12-17(24)29-16)22-18(25)20(4)13-30-19(23-20)21(5,27-8-2)28-9-3/h11-12,15H,7-10,13H2,1-6H3,(H,22,25)/t15-,20-/m1/s1. The Balaban J connectivity index is 2.26. The number of carbonyl (C=O) groups excluding carboxylic acids is 1. The highest BCUT2D eigenvalue weighted by atomic mass is 32.2. The van der Waals surface area contributed by atoms with E-state index >= 15 is 0 Å². The molecule has 1 aliphatic heterocycles. The quantitative estimate of drug-likeness (QED) is 0.527. The molecule has 1 amide bonds. The van der Waals surface area contributed by atoms with Gasteiger partial charge in [0.05, 0.1) is 19.2 Å². The number of carbonyl (C=O) groups is 1. The van der Waals surface area contributed by atoms with E-state index in [0.717, 1.165) is 6.42 Å². The maximum atomic E-state index is 13.2. The van der Waals surface area contributed by atoms with Crippen LogP contribution in [0.5, 0.6) is 5.75 Å². The minimum absolute atomic E-state index is 0.246. The van der Waals surface area contributed by atoms with E-state index in [1.165, 1.54) is 24.9 Å². The van der Waals surface area contributed by atoms with Crippen molar-refractivity contribution in [2.45, 2.75) is 64.8 Å². The minimum Gasteiger partial charge on any atom is -0.496 e. The molecule has 2 rings (SSSR count). The van der Waals surface area contributed by atoms with Crippen molar-refractivity contribution in [3.63, 3.8) is 0 Å². The summed E-state index contributed by atoms with van der Waals surface area (Å²) in [6.45, 7) is 10.3. The van der Waals surface area contributed by atoms with E-state index in [0.29, 0.717) is 41.9 Å². The Morgan fingerprint density at radius 3 is 2.57 bits per heavy atom. The van der Waals surface area contributed by atoms with Gasteiger partial charge in [-0.2, -0.15) is 0 Å². The van der Waals surface area contributed by atoms with Gasteiger partial charge in [-0.3, -0.25) is 9.79 Å². The molecule has 0 unspecified atom stereocenters. The average Bonchev–Trinajstić information content (AvgIpc) is 3.12. The number of rotatable bonds is 11. The number of hydrogen-bond acceptors (Lipinski definition) is 8. The second kappa shape index (κ2) is 10.5. The van der Waals surface area contributed by atoms with Crippen LogP contribution in [0.4, 0.5) is 0 Å². The summed E-state index contributed by atoms with van der Waals surface area (Å²) >= 11 is 1.45. The van der Waals surface area contributed by atoms with Gasteiger partial charge in [0.25, 0.3) is 0 Å². The van der Waals surface area contributed by atoms with Gasteiger partial charge >= 0.3 is 5.63 Å². The monoisotopic (exact) mass is 440 g/mol. The molecule has 168 valence electrons. The van der Waals surface area contributed by atoms with Crippen molar-refractivity contribution < 1.29 is 23.4 Å². The van der Waals surface area contributed by atoms with Gasteiger partial charge in [0.2, 0.25) is 11.7 Å². The van der Waals surface area contributed by atoms with Crippen LogP contribution in [0.2, 0.25) is 0 Å². The molecular formula is C21H32N2O6S. The number of ether oxygens (including phenoxy) is 3. The molecule has 1 aromatic rings. The molecule has 0 bridgehead atoms. The van der Waals surface area contributed by atoms with Gasteiger partial charge in [-0.25, -0.2) is 4.79 Å². The molecule has 0 saturated carbocycles. The second-order valence-corrected chi connectivity index (χ2v) is 8.29. The van der Waals surface area contributed by atoms with E-state index in [1.807, 2.05) is 27.7 Å². The molecule has 1 aromatic heterocycles. The Morgan fingerprint density at radius 2 is 2.00 bits per heavy atom. The molecule has 0 fully saturated rings. The summed E-state index contributed by atoms with van der Waals surface area (Å²) in [6, 6.07) is 2.43. The van der Waals surface area contributed by atoms with Gasteiger partial charge in [0.1, 0.15) is 22.1 Å². The predicted molar refractivity (Wildman–Crippen MR) is 117 cm³/mol. The molecule has 1 N–H and O–H groups in total. The van der Waals surface area contributed by atoms with Crippen molar-refractivity contribution in [2.75, 3.05) is 26.1 Å². The zero-order valence-corrected chi connectivity index (χ0v) is 19.4. The lowest BCUT2D eigenvalue weighted by atomic mass is 10.0. The van der Waals surface area contributed by atoms with Crippen LogP contribution in [0, 0.1) is 0 Å². The fourth-order valence-electron chi connectivity index (χ4n) is 3.21. The maximum absolute atomic E-state index is 13.2. The molecule has 0 aliphatic carbocycles. The largest absolute Gasteiger partial charge is 0.496 e. The highest BCUT2D eigenvalue weighted by molar-refractivity contribution is 8.14. The first kappa shape index (κ1) is 24.4. The van der Waals surface area contributed by atoms with Gasteiger partial charge in [0, 0.05) is 25.0 Å². The van der Waals surface area contributed by atoms with Gasteiger partial charge in [-0.15, -0.1) is 11.8 Å². The molecule has 0 saturated heterocycles. The first-order valence-electron chi connectivity index (χ1n) is 10.2. The van der Waals surface area contributed by atoms with Crippen LogP contribution in [0.3, 0.4) is 0 Å². The normalized spacial score (nSPS) is 20.0. The molecule has 0 aromatic carbocycles. The van der Waals surface area contributed by atoms with E-state index in [4.69, 9.17) is 18.6 Å². The number of nitrogens with one attached hydrogen (secondary N) is 1. The van der Waals surface area contributed by atoms with E-state index in [9.17, 15) is 9.59 Å². The van der Waals surface area contributed by atoms with Crippen LogP contribution >= 0.6 is 11.8 Å². The minimum atomic E-state index is -0.986. The van der Waals surface area contributed by atoms with Gasteiger partial charge in [0.15, 0.2) is 0 Å². The molecule has 0 spiro atoms. The summed E-state index contributed by atoms with van der Waals surface area (Å²) in [5.41, 5.74) is -1.51. The Labute approximate surface area is 181 Å². The van der Waals surface area contributed by atoms with Crippen molar-refractivity contribution in [2.24, 2.45) is 4.99 Å². The van der Waals surface area contributed by atoms with Crippen molar-refractivity contribution in [1.82, 2.24) is 5.32 Å². The Bertz CT molecular complexity index is 818. The topological polar surface area (TPSA) is 99.4 Å². The summed E-state index contributed by atoms with van der Waals surface area (Å²) in [5, 5.41) is 3.64. The number of aliphatic imine (C=N–C) groups is 1. The zero-order valence-electron chi connectivity index (χ0n) is 18.6. The summed E-state index contributed by atoms with van der Waals surface area (Å²) in [4.78, 5) is 29.7. The van der Waals surface area contributed by atoms with Crippen LogP contribution in [-0.2, 0) is 14.3 Å². The number of amides is 1. The molecule has 2 heterocycles. The van der Waals surface area contributed by atoms with Crippen molar-refractivity contribution in [1.29, 1.82) is 0 Å². The van der Waals surface area contributed by atoms with Crippen molar-refractivity contribution in [3.8, 4) is 5.75 Å². The molecule has 2 atom stereocenters. The lowest BCUT2D eigenvalue weighted by Gasteiger charge is -2.28. The average molecular weight is 441 g/mol. The van der Waals surface area contributed by atoms with Gasteiger partial charge in [-0.05, 0) is 34.1 Å². The van der Waals surface area contributed by atoms with Crippen LogP contribution in [0.1, 0.15) is 59.3 Å². The first-order valence-corrected chi connectivity index (χ1v) is 11.2. The van der Waals surface area contributed by atoms with Crippen LogP contribution in [0.25, 0.3) is 0 Å². The van der Waals surface area contributed by atoms with Gasteiger partial charge < -0.3 is 23.9 Å². The van der Waals surface area contributed by atoms with Crippen LogP contribution in [-0.4, -0.2) is 48.4 Å². The van der Waals surface area contributed by atoms with E-state index in [2.05, 4.69) is 10.3 Å². The molecule has 8 nitrogen and oxygen atoms in total. The number of methoxy groups -OCH3 is 1. The smallest absolute Gasteiger partial charge is 0.339 e. The van der Waals surface area contributed by atoms with E-state index < -0.39 is 23.0 Å². The Morgan fingerprint density at radius 1 is 1.33 bits per heavy atom. The van der Waals surface area contributed by atoms with E-state index in [-0.39, 0.29) is 5.91 Å². The third-order valence-electron chi connectivity index (χ3n) is 4.78. The summed E-state index contributed by atoms with van der Waals surface area (Å²) in [5.74, 6) is -0.00568. The highest BCUT2D eigenvalue weighted by Gasteiger charge is 2.45. The lowest BCUT2D eigenvalue weighted by Crippen LogP contribution is -2.45. The molecule has 9 heteroatoms. The number of thioether (sulfide) groups is 1. The summed E-state index contributed by atoms with van der Waals surface area (Å²) in [6.07, 6.45) is 1.40. The van der Waals surface area contributed by atoms with Crippen LogP contribution < -0.4 is 15.7 Å². The Kier molecular flexibility index (Phi) is 8.52. The summed E-state index contributed by atoms with van der Waals surface area (Å²) in [7, 11) is 1.48. The third kappa shape index (κ3) is 5.65. The SMILES string of the molecule is CCC[C@@H](NC(=O)[C@@]1(C)CSC(C(C)(OCC)OCC)=N1)c1cc(OC)cc(=O)o1. The van der Waals surface area contributed by atoms with Crippen molar-refractivity contribution in [3.05, 3.63) is 28.3 Å². The molecular weight excluding hydrogens is 408 g/mol. The Hall–Kier alpha value is -1.84. The highest BCUT2D eigenvalue weighted by Crippen LogP contribution is 2.35. The number of nitrogens with zero attached hydrogens (tertiary/aromatic N) is 1. The van der Waals surface area contributed by atoms with Crippen molar-refractivity contribution >= 4 is 22.7 Å². The molecule has 0 radical (unpaired) electrons. The van der Waals surface area contributed by atoms with Crippen LogP contribution in [0.15, 0.2) is 26.3 Å². The predicted octanol–water partition coefficient (Wildman–Crippen LogP) is 3.30. The third-order valence-corrected chi connectivity index (χ3v) is 6.22. The van der Waals surface area contributed by atoms with Gasteiger partial charge in [-0.1, -0.05) is 13.3 Å². The first-order chi connectivity index (χ1) is 14.2. The second-order valence-electron chi connectivity index (χ2n) is 7.32. The summed E-state index contributed by atoms with van der Waals surface area (Å²) < 4.78 is 22.1. The fraction of sp³-hybridized carbons (Fsp3) is 0.667. The van der Waals surface area contributed by atoms with E-state index in [1.54, 1.807) is 13.0 Å². The maximum Gasteiger partial charge on any atom is 0.339 e. The molecule has 1 aliphatic rings. The molecule has 30 heavy (non-hydrogen) atoms. The zero-order chi connectivity index (χ0) is 22.4. The number of hydrogen-bond donors (Lipinski definition) is 1. The lowest BCUT2D eigenvalue weighted by molar-refractivity contribution is -0.169. The fourth-order valence-corrected chi connectivity index (χ4v) is 4.47.